The standard InChI is InChI=1S/C13H17BClN5O2/c1-14(21)20-4-5-22-9(8-20)7-18-13-12-10(6-11(15)19-13)16-2-3-17-12/h2-3,6,9,21H,4-5,7-8H2,1H3,(H,18,19)/t9-/m1/s1. The van der Waals surface area contributed by atoms with Gasteiger partial charge in [0.2, 0.25) is 0 Å². The Morgan fingerprint density at radius 3 is 3.14 bits per heavy atom. The number of hydrogen-bond donors (Lipinski definition) is 2. The van der Waals surface area contributed by atoms with Crippen molar-refractivity contribution in [1.82, 2.24) is 19.8 Å². The number of fused-ring (bicyclic) bond motifs is 1. The minimum absolute atomic E-state index is 0.0316. The molecule has 1 aliphatic rings. The second-order valence-corrected chi connectivity index (χ2v) is 5.61. The summed E-state index contributed by atoms with van der Waals surface area (Å²) in [5.74, 6) is 0.591. The van der Waals surface area contributed by atoms with E-state index < -0.39 is 7.05 Å². The molecule has 0 saturated carbocycles. The van der Waals surface area contributed by atoms with Crippen LogP contribution in [0.4, 0.5) is 5.82 Å². The van der Waals surface area contributed by atoms with Crippen molar-refractivity contribution < 1.29 is 9.76 Å². The minimum atomic E-state index is -0.470. The van der Waals surface area contributed by atoms with Gasteiger partial charge in [0.05, 0.1) is 18.2 Å². The minimum Gasteiger partial charge on any atom is -0.437 e. The molecule has 1 atom stereocenters. The van der Waals surface area contributed by atoms with Crippen LogP contribution in [0.2, 0.25) is 12.0 Å². The molecule has 0 aromatic carbocycles. The summed E-state index contributed by atoms with van der Waals surface area (Å²) in [4.78, 5) is 14.8. The molecule has 3 heterocycles. The number of nitrogens with zero attached hydrogens (tertiary/aromatic N) is 4. The molecular weight excluding hydrogens is 304 g/mol. The summed E-state index contributed by atoms with van der Waals surface area (Å²) in [6, 6.07) is 1.68. The third-order valence-electron chi connectivity index (χ3n) is 3.62. The lowest BCUT2D eigenvalue weighted by atomic mass is 9.84. The van der Waals surface area contributed by atoms with Gasteiger partial charge in [-0.1, -0.05) is 11.6 Å². The average molecular weight is 322 g/mol. The molecule has 2 aromatic rings. The van der Waals surface area contributed by atoms with Gasteiger partial charge in [-0.05, 0) is 6.82 Å². The van der Waals surface area contributed by atoms with Crippen molar-refractivity contribution in [2.24, 2.45) is 0 Å². The van der Waals surface area contributed by atoms with Gasteiger partial charge in [0.15, 0.2) is 5.82 Å². The molecule has 1 saturated heterocycles. The average Bonchev–Trinajstić information content (AvgIpc) is 2.52. The van der Waals surface area contributed by atoms with Crippen LogP contribution in [0, 0.1) is 0 Å². The van der Waals surface area contributed by atoms with Crippen LogP contribution in [-0.2, 0) is 4.74 Å². The van der Waals surface area contributed by atoms with Crippen molar-refractivity contribution in [1.29, 1.82) is 0 Å². The molecule has 1 aliphatic heterocycles. The molecule has 0 radical (unpaired) electrons. The van der Waals surface area contributed by atoms with Gasteiger partial charge in [0.25, 0.3) is 0 Å². The van der Waals surface area contributed by atoms with E-state index in [-0.39, 0.29) is 6.10 Å². The molecule has 0 bridgehead atoms. The van der Waals surface area contributed by atoms with Gasteiger partial charge in [0, 0.05) is 38.1 Å². The smallest absolute Gasteiger partial charge is 0.376 e. The van der Waals surface area contributed by atoms with Crippen molar-refractivity contribution in [3.8, 4) is 0 Å². The lowest BCUT2D eigenvalue weighted by Crippen LogP contribution is -2.50. The largest absolute Gasteiger partial charge is 0.437 e. The van der Waals surface area contributed by atoms with Gasteiger partial charge in [0.1, 0.15) is 10.7 Å². The summed E-state index contributed by atoms with van der Waals surface area (Å²) in [5, 5.41) is 13.3. The van der Waals surface area contributed by atoms with Crippen LogP contribution in [-0.4, -0.2) is 64.2 Å². The Bertz CT molecular complexity index is 659. The van der Waals surface area contributed by atoms with Crippen LogP contribution < -0.4 is 5.32 Å². The highest BCUT2D eigenvalue weighted by Gasteiger charge is 2.25. The maximum Gasteiger partial charge on any atom is 0.376 e. The number of anilines is 1. The first-order valence-corrected chi connectivity index (χ1v) is 7.56. The molecular formula is C13H17BClN5O2. The summed E-state index contributed by atoms with van der Waals surface area (Å²) in [6.07, 6.45) is 3.21. The van der Waals surface area contributed by atoms with Crippen LogP contribution >= 0.6 is 11.6 Å². The van der Waals surface area contributed by atoms with E-state index in [0.29, 0.717) is 41.7 Å². The summed E-state index contributed by atoms with van der Waals surface area (Å²) in [5.41, 5.74) is 1.37. The van der Waals surface area contributed by atoms with Crippen molar-refractivity contribution >= 4 is 35.5 Å². The molecule has 9 heteroatoms. The van der Waals surface area contributed by atoms with Crippen molar-refractivity contribution in [3.63, 3.8) is 0 Å². The fourth-order valence-corrected chi connectivity index (χ4v) is 2.67. The molecule has 0 aliphatic carbocycles. The number of morpholine rings is 1. The summed E-state index contributed by atoms with van der Waals surface area (Å²) >= 11 is 6.02. The maximum atomic E-state index is 9.66. The molecule has 2 aromatic heterocycles. The number of aromatic nitrogens is 3. The third-order valence-corrected chi connectivity index (χ3v) is 3.81. The number of pyridine rings is 1. The Morgan fingerprint density at radius 1 is 1.50 bits per heavy atom. The second kappa shape index (κ2) is 6.74. The van der Waals surface area contributed by atoms with Crippen LogP contribution in [0.5, 0.6) is 0 Å². The maximum absolute atomic E-state index is 9.66. The van der Waals surface area contributed by atoms with E-state index in [1.807, 2.05) is 4.81 Å². The van der Waals surface area contributed by atoms with Crippen LogP contribution in [0.25, 0.3) is 11.0 Å². The predicted octanol–water partition coefficient (Wildman–Crippen LogP) is 0.901. The first kappa shape index (κ1) is 15.4. The first-order valence-electron chi connectivity index (χ1n) is 7.18. The van der Waals surface area contributed by atoms with E-state index in [1.54, 1.807) is 25.3 Å². The lowest BCUT2D eigenvalue weighted by molar-refractivity contribution is 0.00120. The highest BCUT2D eigenvalue weighted by molar-refractivity contribution is 6.45. The molecule has 0 unspecified atom stereocenters. The Morgan fingerprint density at radius 2 is 2.32 bits per heavy atom. The van der Waals surface area contributed by atoms with E-state index in [2.05, 4.69) is 20.3 Å². The lowest BCUT2D eigenvalue weighted by Gasteiger charge is -2.33. The Balaban J connectivity index is 1.71. The zero-order valence-electron chi connectivity index (χ0n) is 12.2. The Hall–Kier alpha value is -1.48. The highest BCUT2D eigenvalue weighted by atomic mass is 35.5. The summed E-state index contributed by atoms with van der Waals surface area (Å²) in [7, 11) is -0.470. The van der Waals surface area contributed by atoms with Crippen LogP contribution in [0.15, 0.2) is 18.5 Å². The monoisotopic (exact) mass is 321 g/mol. The quantitative estimate of drug-likeness (QED) is 0.639. The van der Waals surface area contributed by atoms with E-state index in [1.165, 1.54) is 0 Å². The second-order valence-electron chi connectivity index (χ2n) is 5.22. The van der Waals surface area contributed by atoms with Gasteiger partial charge in [-0.2, -0.15) is 0 Å². The molecule has 7 nitrogen and oxygen atoms in total. The molecule has 0 amide bonds. The molecule has 3 rings (SSSR count). The number of nitrogens with one attached hydrogen (secondary N) is 1. The van der Waals surface area contributed by atoms with Gasteiger partial charge in [-0.15, -0.1) is 0 Å². The SMILES string of the molecule is CB(O)N1CCO[C@H](CNc2nc(Cl)cc3nccnc23)C1. The molecule has 22 heavy (non-hydrogen) atoms. The van der Waals surface area contributed by atoms with E-state index in [4.69, 9.17) is 16.3 Å². The van der Waals surface area contributed by atoms with Gasteiger partial charge < -0.3 is 19.9 Å². The molecule has 2 N–H and O–H groups in total. The predicted molar refractivity (Wildman–Crippen MR) is 86.0 cm³/mol. The van der Waals surface area contributed by atoms with E-state index in [0.717, 1.165) is 6.54 Å². The van der Waals surface area contributed by atoms with Gasteiger partial charge in [-0.25, -0.2) is 9.97 Å². The first-order chi connectivity index (χ1) is 10.6. The van der Waals surface area contributed by atoms with Crippen LogP contribution in [0.3, 0.4) is 0 Å². The fraction of sp³-hybridized carbons (Fsp3) is 0.462. The number of rotatable bonds is 4. The zero-order valence-corrected chi connectivity index (χ0v) is 13.0. The third kappa shape index (κ3) is 3.46. The van der Waals surface area contributed by atoms with Gasteiger partial charge >= 0.3 is 7.05 Å². The molecule has 1 fully saturated rings. The number of hydrogen-bond acceptors (Lipinski definition) is 7. The Kier molecular flexibility index (Phi) is 4.73. The summed E-state index contributed by atoms with van der Waals surface area (Å²) < 4.78 is 5.71. The van der Waals surface area contributed by atoms with E-state index >= 15 is 0 Å². The zero-order chi connectivity index (χ0) is 15.5. The van der Waals surface area contributed by atoms with Crippen molar-refractivity contribution in [3.05, 3.63) is 23.6 Å². The van der Waals surface area contributed by atoms with Gasteiger partial charge in [-0.3, -0.25) is 4.98 Å². The normalized spacial score (nSPS) is 19.3. The van der Waals surface area contributed by atoms with Crippen molar-refractivity contribution in [2.45, 2.75) is 12.9 Å². The van der Waals surface area contributed by atoms with Crippen LogP contribution in [0.1, 0.15) is 0 Å². The topological polar surface area (TPSA) is 83.4 Å². The van der Waals surface area contributed by atoms with E-state index in [9.17, 15) is 5.02 Å². The number of halogens is 1. The molecule has 116 valence electrons. The highest BCUT2D eigenvalue weighted by Crippen LogP contribution is 2.21. The number of ether oxygens (including phenoxy) is 1. The summed E-state index contributed by atoms with van der Waals surface area (Å²) in [6.45, 7) is 4.31. The van der Waals surface area contributed by atoms with Crippen molar-refractivity contribution in [2.75, 3.05) is 31.6 Å². The molecule has 0 spiro atoms. The Labute approximate surface area is 133 Å². The fourth-order valence-electron chi connectivity index (χ4n) is 2.48.